The minimum atomic E-state index is -0.829. The van der Waals surface area contributed by atoms with Crippen LogP contribution in [0.25, 0.3) is 0 Å². The van der Waals surface area contributed by atoms with Gasteiger partial charge in [-0.05, 0) is 44.4 Å². The molecular formula is C16H28O2. The highest BCUT2D eigenvalue weighted by Gasteiger charge is 2.45. The fraction of sp³-hybridized carbons (Fsp3) is 0.812. The molecule has 0 aromatic heterocycles. The molecule has 0 amide bonds. The van der Waals surface area contributed by atoms with E-state index in [1.165, 1.54) is 12.0 Å². The van der Waals surface area contributed by atoms with Gasteiger partial charge in [0.2, 0.25) is 0 Å². The highest BCUT2D eigenvalue weighted by Crippen LogP contribution is 2.49. The number of rotatable bonds is 5. The molecule has 0 spiro atoms. The summed E-state index contributed by atoms with van der Waals surface area (Å²) < 4.78 is 0. The normalized spacial score (nSPS) is 34.1. The van der Waals surface area contributed by atoms with Crippen LogP contribution in [-0.4, -0.2) is 17.0 Å². The van der Waals surface area contributed by atoms with Gasteiger partial charge in [-0.3, -0.25) is 4.79 Å². The maximum Gasteiger partial charge on any atom is 0.164 e. The van der Waals surface area contributed by atoms with E-state index in [0.29, 0.717) is 5.92 Å². The van der Waals surface area contributed by atoms with Gasteiger partial charge in [-0.15, -0.1) is 6.58 Å². The summed E-state index contributed by atoms with van der Waals surface area (Å²) >= 11 is 0. The largest absolute Gasteiger partial charge is 0.386 e. The van der Waals surface area contributed by atoms with Crippen LogP contribution in [0.15, 0.2) is 12.2 Å². The lowest BCUT2D eigenvalue weighted by atomic mass is 9.58. The van der Waals surface area contributed by atoms with E-state index in [2.05, 4.69) is 20.4 Å². The predicted molar refractivity (Wildman–Crippen MR) is 75.3 cm³/mol. The lowest BCUT2D eigenvalue weighted by Gasteiger charge is -2.46. The molecule has 0 heterocycles. The van der Waals surface area contributed by atoms with E-state index in [9.17, 15) is 9.90 Å². The number of hydrogen-bond acceptors (Lipinski definition) is 2. The Morgan fingerprint density at radius 3 is 2.61 bits per heavy atom. The number of aliphatic hydroxyl groups is 1. The maximum absolute atomic E-state index is 12.2. The highest BCUT2D eigenvalue weighted by atomic mass is 16.3. The van der Waals surface area contributed by atoms with Crippen LogP contribution < -0.4 is 0 Å². The second-order valence-electron chi connectivity index (χ2n) is 6.43. The average Bonchev–Trinajstić information content (AvgIpc) is 2.29. The molecule has 0 bridgehead atoms. The first-order chi connectivity index (χ1) is 8.29. The van der Waals surface area contributed by atoms with Crippen LogP contribution in [-0.2, 0) is 4.79 Å². The van der Waals surface area contributed by atoms with Crippen molar-refractivity contribution in [3.63, 3.8) is 0 Å². The zero-order valence-corrected chi connectivity index (χ0v) is 12.3. The molecule has 2 heteroatoms. The SMILES string of the molecule is C=C(C)CC[C@@]1(C)C(C(=O)[C@@H](C)O)CCC[C@@H]1C. The minimum absolute atomic E-state index is 0.0144. The van der Waals surface area contributed by atoms with Gasteiger partial charge >= 0.3 is 0 Å². The standard InChI is InChI=1S/C16H28O2/c1-11(2)9-10-16(5)12(3)7-6-8-14(16)15(18)13(4)17/h12-14,17H,1,6-10H2,2-5H3/t12-,13+,14?,16+/m0/s1. The van der Waals surface area contributed by atoms with Crippen LogP contribution in [0.3, 0.4) is 0 Å². The Balaban J connectivity index is 2.90. The predicted octanol–water partition coefficient (Wildman–Crippen LogP) is 3.74. The van der Waals surface area contributed by atoms with Crippen LogP contribution in [0.5, 0.6) is 0 Å². The zero-order chi connectivity index (χ0) is 13.9. The van der Waals surface area contributed by atoms with Crippen molar-refractivity contribution in [2.75, 3.05) is 0 Å². The molecule has 4 atom stereocenters. The van der Waals surface area contributed by atoms with Crippen molar-refractivity contribution in [2.24, 2.45) is 17.3 Å². The van der Waals surface area contributed by atoms with Gasteiger partial charge in [-0.1, -0.05) is 32.3 Å². The molecule has 1 rings (SSSR count). The summed E-state index contributed by atoms with van der Waals surface area (Å²) in [7, 11) is 0. The Bertz CT molecular complexity index is 319. The maximum atomic E-state index is 12.2. The average molecular weight is 252 g/mol. The third kappa shape index (κ3) is 3.23. The van der Waals surface area contributed by atoms with E-state index < -0.39 is 6.10 Å². The van der Waals surface area contributed by atoms with Crippen molar-refractivity contribution in [2.45, 2.75) is 65.9 Å². The van der Waals surface area contributed by atoms with Gasteiger partial charge in [0.1, 0.15) is 6.10 Å². The van der Waals surface area contributed by atoms with Gasteiger partial charge in [0, 0.05) is 5.92 Å². The fourth-order valence-corrected chi connectivity index (χ4v) is 3.29. The van der Waals surface area contributed by atoms with Gasteiger partial charge < -0.3 is 5.11 Å². The topological polar surface area (TPSA) is 37.3 Å². The number of ketones is 1. The fourth-order valence-electron chi connectivity index (χ4n) is 3.29. The number of carbonyl (C=O) groups is 1. The first-order valence-corrected chi connectivity index (χ1v) is 7.15. The van der Waals surface area contributed by atoms with Crippen molar-refractivity contribution in [1.82, 2.24) is 0 Å². The van der Waals surface area contributed by atoms with Gasteiger partial charge in [-0.2, -0.15) is 0 Å². The van der Waals surface area contributed by atoms with Crippen LogP contribution in [0.1, 0.15) is 59.8 Å². The Kier molecular flexibility index (Phi) is 5.15. The van der Waals surface area contributed by atoms with Crippen LogP contribution in [0.2, 0.25) is 0 Å². The summed E-state index contributed by atoms with van der Waals surface area (Å²) in [6, 6.07) is 0. The number of allylic oxidation sites excluding steroid dienone is 1. The number of hydrogen-bond donors (Lipinski definition) is 1. The van der Waals surface area contributed by atoms with E-state index in [1.807, 2.05) is 6.92 Å². The highest BCUT2D eigenvalue weighted by molar-refractivity contribution is 5.85. The van der Waals surface area contributed by atoms with Gasteiger partial charge in [0.15, 0.2) is 5.78 Å². The van der Waals surface area contributed by atoms with Crippen molar-refractivity contribution in [3.05, 3.63) is 12.2 Å². The van der Waals surface area contributed by atoms with Gasteiger partial charge in [0.25, 0.3) is 0 Å². The molecule has 0 saturated heterocycles. The van der Waals surface area contributed by atoms with Crippen molar-refractivity contribution < 1.29 is 9.90 Å². The van der Waals surface area contributed by atoms with Crippen molar-refractivity contribution >= 4 is 5.78 Å². The molecule has 2 nitrogen and oxygen atoms in total. The van der Waals surface area contributed by atoms with E-state index >= 15 is 0 Å². The van der Waals surface area contributed by atoms with E-state index in [-0.39, 0.29) is 17.1 Å². The molecule has 1 unspecified atom stereocenters. The van der Waals surface area contributed by atoms with Crippen molar-refractivity contribution in [1.29, 1.82) is 0 Å². The summed E-state index contributed by atoms with van der Waals surface area (Å²) in [6.07, 6.45) is 4.38. The Hall–Kier alpha value is -0.630. The van der Waals surface area contributed by atoms with Crippen LogP contribution in [0, 0.1) is 17.3 Å². The lowest BCUT2D eigenvalue weighted by Crippen LogP contribution is -2.44. The number of Topliss-reactive ketones (excluding diaryl/α,β-unsaturated/α-hetero) is 1. The third-order valence-corrected chi connectivity index (χ3v) is 4.90. The van der Waals surface area contributed by atoms with Crippen LogP contribution in [0.4, 0.5) is 0 Å². The van der Waals surface area contributed by atoms with Crippen molar-refractivity contribution in [3.8, 4) is 0 Å². The summed E-state index contributed by atoms with van der Waals surface area (Å²) in [5, 5.41) is 9.60. The zero-order valence-electron chi connectivity index (χ0n) is 12.3. The molecule has 0 radical (unpaired) electrons. The Morgan fingerprint density at radius 1 is 1.50 bits per heavy atom. The van der Waals surface area contributed by atoms with E-state index in [4.69, 9.17) is 0 Å². The number of aliphatic hydroxyl groups excluding tert-OH is 1. The number of carbonyl (C=O) groups excluding carboxylic acids is 1. The molecule has 1 saturated carbocycles. The minimum Gasteiger partial charge on any atom is -0.386 e. The molecule has 0 aliphatic heterocycles. The molecule has 1 aliphatic carbocycles. The van der Waals surface area contributed by atoms with E-state index in [0.717, 1.165) is 25.7 Å². The van der Waals surface area contributed by atoms with E-state index in [1.54, 1.807) is 6.92 Å². The molecule has 1 fully saturated rings. The molecule has 1 aliphatic rings. The first kappa shape index (κ1) is 15.4. The second kappa shape index (κ2) is 6.01. The Morgan fingerprint density at radius 2 is 2.11 bits per heavy atom. The summed E-state index contributed by atoms with van der Waals surface area (Å²) in [6.45, 7) is 12.1. The molecular weight excluding hydrogens is 224 g/mol. The quantitative estimate of drug-likeness (QED) is 0.757. The molecule has 1 N–H and O–H groups in total. The molecule has 0 aromatic rings. The third-order valence-electron chi connectivity index (χ3n) is 4.90. The lowest BCUT2D eigenvalue weighted by molar-refractivity contribution is -0.138. The summed E-state index contributed by atoms with van der Waals surface area (Å²) in [4.78, 5) is 12.2. The smallest absolute Gasteiger partial charge is 0.164 e. The molecule has 0 aromatic carbocycles. The van der Waals surface area contributed by atoms with Crippen LogP contribution >= 0.6 is 0 Å². The van der Waals surface area contributed by atoms with Gasteiger partial charge in [-0.25, -0.2) is 0 Å². The Labute approximate surface area is 111 Å². The second-order valence-corrected chi connectivity index (χ2v) is 6.43. The molecule has 104 valence electrons. The summed E-state index contributed by atoms with van der Waals surface area (Å²) in [5.41, 5.74) is 1.20. The summed E-state index contributed by atoms with van der Waals surface area (Å²) in [5.74, 6) is 0.588. The monoisotopic (exact) mass is 252 g/mol. The van der Waals surface area contributed by atoms with Gasteiger partial charge in [0.05, 0.1) is 0 Å². The molecule has 18 heavy (non-hydrogen) atoms. The first-order valence-electron chi connectivity index (χ1n) is 7.15.